The fraction of sp³-hybridized carbons (Fsp3) is 0.0476. The van der Waals surface area contributed by atoms with Crippen molar-refractivity contribution in [2.45, 2.75) is 6.92 Å². The SMILES string of the molecule is Cc1ccc(-c2c3ccc(=O)cc-3oc3ccccc23)c(C(=O)O)c1. The lowest BCUT2D eigenvalue weighted by atomic mass is 9.90. The predicted molar refractivity (Wildman–Crippen MR) is 96.2 cm³/mol. The lowest BCUT2D eigenvalue weighted by Gasteiger charge is -2.16. The molecule has 4 rings (SSSR count). The highest BCUT2D eigenvalue weighted by Gasteiger charge is 2.21. The molecule has 0 aromatic heterocycles. The van der Waals surface area contributed by atoms with E-state index >= 15 is 0 Å². The van der Waals surface area contributed by atoms with Crippen LogP contribution in [0.4, 0.5) is 0 Å². The van der Waals surface area contributed by atoms with Gasteiger partial charge in [0.2, 0.25) is 0 Å². The third-order valence-electron chi connectivity index (χ3n) is 4.27. The lowest BCUT2D eigenvalue weighted by Crippen LogP contribution is -2.03. The first-order chi connectivity index (χ1) is 12.0. The first kappa shape index (κ1) is 15.1. The van der Waals surface area contributed by atoms with Crippen molar-refractivity contribution in [3.63, 3.8) is 0 Å². The van der Waals surface area contributed by atoms with E-state index in [0.717, 1.165) is 16.5 Å². The Morgan fingerprint density at radius 2 is 1.72 bits per heavy atom. The van der Waals surface area contributed by atoms with Gasteiger partial charge in [0.25, 0.3) is 0 Å². The molecule has 0 fully saturated rings. The highest BCUT2D eigenvalue weighted by molar-refractivity contribution is 6.07. The number of para-hydroxylation sites is 1. The minimum atomic E-state index is -0.989. The summed E-state index contributed by atoms with van der Waals surface area (Å²) in [6.07, 6.45) is 0. The summed E-state index contributed by atoms with van der Waals surface area (Å²) in [5.74, 6) is -0.546. The summed E-state index contributed by atoms with van der Waals surface area (Å²) < 4.78 is 5.87. The Kier molecular flexibility index (Phi) is 3.39. The van der Waals surface area contributed by atoms with Crippen molar-refractivity contribution in [1.29, 1.82) is 0 Å². The number of carbonyl (C=O) groups is 1. The van der Waals surface area contributed by atoms with Crippen molar-refractivity contribution in [1.82, 2.24) is 0 Å². The second-order valence-electron chi connectivity index (χ2n) is 5.99. The van der Waals surface area contributed by atoms with Gasteiger partial charge in [-0.2, -0.15) is 0 Å². The Morgan fingerprint density at radius 1 is 0.960 bits per heavy atom. The van der Waals surface area contributed by atoms with E-state index in [0.29, 0.717) is 22.5 Å². The number of aromatic carboxylic acids is 1. The number of carboxylic acids is 1. The van der Waals surface area contributed by atoms with Crippen LogP contribution in [0, 0.1) is 6.92 Å². The minimum Gasteiger partial charge on any atom is -0.478 e. The molecule has 122 valence electrons. The van der Waals surface area contributed by atoms with Crippen LogP contribution in [0.3, 0.4) is 0 Å². The van der Waals surface area contributed by atoms with Crippen molar-refractivity contribution < 1.29 is 14.3 Å². The van der Waals surface area contributed by atoms with Crippen LogP contribution in [0.2, 0.25) is 0 Å². The van der Waals surface area contributed by atoms with Crippen LogP contribution in [-0.4, -0.2) is 11.1 Å². The van der Waals surface area contributed by atoms with Crippen molar-refractivity contribution in [3.8, 4) is 22.5 Å². The van der Waals surface area contributed by atoms with Crippen LogP contribution in [0.1, 0.15) is 15.9 Å². The van der Waals surface area contributed by atoms with Gasteiger partial charge in [0, 0.05) is 22.6 Å². The summed E-state index contributed by atoms with van der Waals surface area (Å²) in [6, 6.07) is 17.4. The summed E-state index contributed by atoms with van der Waals surface area (Å²) in [4.78, 5) is 23.5. The van der Waals surface area contributed by atoms with Gasteiger partial charge in [-0.1, -0.05) is 35.9 Å². The molecule has 0 spiro atoms. The molecule has 2 aliphatic rings. The van der Waals surface area contributed by atoms with E-state index in [4.69, 9.17) is 4.42 Å². The van der Waals surface area contributed by atoms with Gasteiger partial charge in [0.1, 0.15) is 11.3 Å². The molecule has 25 heavy (non-hydrogen) atoms. The zero-order chi connectivity index (χ0) is 17.6. The van der Waals surface area contributed by atoms with E-state index in [1.807, 2.05) is 43.3 Å². The molecule has 0 radical (unpaired) electrons. The van der Waals surface area contributed by atoms with Crippen LogP contribution in [0.5, 0.6) is 0 Å². The number of aryl methyl sites for hydroxylation is 1. The minimum absolute atomic E-state index is 0.153. The average molecular weight is 330 g/mol. The fourth-order valence-electron chi connectivity index (χ4n) is 3.16. The number of hydrogen-bond donors (Lipinski definition) is 1. The van der Waals surface area contributed by atoms with E-state index in [-0.39, 0.29) is 11.0 Å². The molecule has 1 aliphatic heterocycles. The van der Waals surface area contributed by atoms with Crippen molar-refractivity contribution in [3.05, 3.63) is 82.0 Å². The van der Waals surface area contributed by atoms with E-state index < -0.39 is 5.97 Å². The van der Waals surface area contributed by atoms with Gasteiger partial charge in [-0.3, -0.25) is 4.79 Å². The molecule has 0 saturated heterocycles. The van der Waals surface area contributed by atoms with Gasteiger partial charge >= 0.3 is 5.97 Å². The first-order valence-corrected chi connectivity index (χ1v) is 7.84. The molecular weight excluding hydrogens is 316 g/mol. The summed E-state index contributed by atoms with van der Waals surface area (Å²) in [5.41, 5.74) is 3.63. The zero-order valence-corrected chi connectivity index (χ0v) is 13.4. The molecule has 1 aliphatic carbocycles. The number of hydrogen-bond acceptors (Lipinski definition) is 3. The normalized spacial score (nSPS) is 11.1. The van der Waals surface area contributed by atoms with Crippen LogP contribution < -0.4 is 5.43 Å². The second kappa shape index (κ2) is 5.60. The number of carboxylic acid groups (broad SMARTS) is 1. The molecule has 0 bridgehead atoms. The second-order valence-corrected chi connectivity index (χ2v) is 5.99. The van der Waals surface area contributed by atoms with Gasteiger partial charge in [-0.15, -0.1) is 0 Å². The predicted octanol–water partition coefficient (Wildman–Crippen LogP) is 4.57. The van der Waals surface area contributed by atoms with E-state index in [1.165, 1.54) is 12.1 Å². The van der Waals surface area contributed by atoms with E-state index in [1.54, 1.807) is 12.1 Å². The largest absolute Gasteiger partial charge is 0.478 e. The highest BCUT2D eigenvalue weighted by Crippen LogP contribution is 2.41. The maximum absolute atomic E-state index is 11.8. The molecule has 2 aromatic rings. The van der Waals surface area contributed by atoms with Crippen LogP contribution >= 0.6 is 0 Å². The molecule has 0 unspecified atom stereocenters. The van der Waals surface area contributed by atoms with Gasteiger partial charge in [-0.05, 0) is 36.8 Å². The topological polar surface area (TPSA) is 67.5 Å². The molecule has 0 atom stereocenters. The maximum Gasteiger partial charge on any atom is 0.336 e. The van der Waals surface area contributed by atoms with Crippen molar-refractivity contribution >= 4 is 16.9 Å². The smallest absolute Gasteiger partial charge is 0.336 e. The summed E-state index contributed by atoms with van der Waals surface area (Å²) in [5, 5.41) is 10.5. The molecule has 4 heteroatoms. The summed E-state index contributed by atoms with van der Waals surface area (Å²) >= 11 is 0. The van der Waals surface area contributed by atoms with Crippen molar-refractivity contribution in [2.24, 2.45) is 0 Å². The summed E-state index contributed by atoms with van der Waals surface area (Å²) in [6.45, 7) is 1.86. The number of benzene rings is 3. The van der Waals surface area contributed by atoms with E-state index in [9.17, 15) is 14.7 Å². The van der Waals surface area contributed by atoms with Gasteiger partial charge in [0.15, 0.2) is 5.43 Å². The Bertz CT molecular complexity index is 1150. The van der Waals surface area contributed by atoms with Gasteiger partial charge in [-0.25, -0.2) is 4.79 Å². The monoisotopic (exact) mass is 330 g/mol. The lowest BCUT2D eigenvalue weighted by molar-refractivity contribution is 0.0697. The number of rotatable bonds is 2. The Labute approximate surface area is 143 Å². The number of fused-ring (bicyclic) bond motifs is 2. The quantitative estimate of drug-likeness (QED) is 0.547. The van der Waals surface area contributed by atoms with Crippen molar-refractivity contribution in [2.75, 3.05) is 0 Å². The Balaban J connectivity index is 2.21. The Hall–Kier alpha value is -3.40. The van der Waals surface area contributed by atoms with Gasteiger partial charge in [0.05, 0.1) is 5.56 Å². The highest BCUT2D eigenvalue weighted by atomic mass is 16.4. The standard InChI is InChI=1S/C21H14O4/c1-12-6-8-14(17(10-12)21(23)24)20-15-4-2-3-5-18(15)25-19-11-13(22)7-9-16(19)20/h2-11H,1H3,(H,23,24). The molecule has 1 heterocycles. The Morgan fingerprint density at radius 3 is 2.52 bits per heavy atom. The molecular formula is C21H14O4. The average Bonchev–Trinajstić information content (AvgIpc) is 2.59. The van der Waals surface area contributed by atoms with Crippen LogP contribution in [0.25, 0.3) is 33.4 Å². The molecule has 2 aromatic carbocycles. The molecule has 4 nitrogen and oxygen atoms in total. The third kappa shape index (κ3) is 2.48. The fourth-order valence-corrected chi connectivity index (χ4v) is 3.16. The van der Waals surface area contributed by atoms with Gasteiger partial charge < -0.3 is 9.52 Å². The van der Waals surface area contributed by atoms with Crippen LogP contribution in [0.15, 0.2) is 69.9 Å². The van der Waals surface area contributed by atoms with E-state index in [2.05, 4.69) is 0 Å². The first-order valence-electron chi connectivity index (χ1n) is 7.84. The van der Waals surface area contributed by atoms with Crippen LogP contribution in [-0.2, 0) is 0 Å². The molecule has 1 N–H and O–H groups in total. The summed E-state index contributed by atoms with van der Waals surface area (Å²) in [7, 11) is 0. The zero-order valence-electron chi connectivity index (χ0n) is 13.4. The third-order valence-corrected chi connectivity index (χ3v) is 4.27. The molecule has 0 amide bonds. The molecule has 0 saturated carbocycles. The maximum atomic E-state index is 11.8.